The second kappa shape index (κ2) is 13.0. The van der Waals surface area contributed by atoms with Crippen LogP contribution in [-0.4, -0.2) is 64.7 Å². The molecule has 3 heterocycles. The number of rotatable bonds is 10. The molecule has 0 spiro atoms. The van der Waals surface area contributed by atoms with Gasteiger partial charge >= 0.3 is 0 Å². The van der Waals surface area contributed by atoms with Crippen molar-refractivity contribution in [2.75, 3.05) is 44.3 Å². The molecule has 0 unspecified atom stereocenters. The van der Waals surface area contributed by atoms with Gasteiger partial charge in [-0.05, 0) is 67.4 Å². The minimum absolute atomic E-state index is 0.0409. The SMILES string of the molecule is CCCCOc1ccc(C(=O)N2CCN(c3ncnc4c3c(-c3ccccc3)cn4-c3ccc(OCC)cc3)CC2)cc1. The molecule has 220 valence electrons. The van der Waals surface area contributed by atoms with E-state index in [0.717, 1.165) is 58.0 Å². The highest BCUT2D eigenvalue weighted by Crippen LogP contribution is 2.37. The molecule has 6 rings (SSSR count). The van der Waals surface area contributed by atoms with Gasteiger partial charge < -0.3 is 23.8 Å². The summed E-state index contributed by atoms with van der Waals surface area (Å²) in [5, 5.41) is 1.00. The molecule has 0 atom stereocenters. The molecule has 0 aliphatic carbocycles. The van der Waals surface area contributed by atoms with Gasteiger partial charge in [0, 0.05) is 49.2 Å². The second-order valence-corrected chi connectivity index (χ2v) is 10.6. The highest BCUT2D eigenvalue weighted by Gasteiger charge is 2.26. The molecule has 0 bridgehead atoms. The summed E-state index contributed by atoms with van der Waals surface area (Å²) in [5.74, 6) is 2.56. The number of benzene rings is 3. The Bertz CT molecular complexity index is 1660. The van der Waals surface area contributed by atoms with Crippen molar-refractivity contribution in [3.63, 3.8) is 0 Å². The predicted octanol–water partition coefficient (Wildman–Crippen LogP) is 6.63. The van der Waals surface area contributed by atoms with Crippen LogP contribution in [0.3, 0.4) is 0 Å². The van der Waals surface area contributed by atoms with Gasteiger partial charge in [-0.15, -0.1) is 0 Å². The topological polar surface area (TPSA) is 72.7 Å². The number of nitrogens with zero attached hydrogens (tertiary/aromatic N) is 5. The maximum atomic E-state index is 13.3. The maximum absolute atomic E-state index is 13.3. The van der Waals surface area contributed by atoms with Crippen LogP contribution in [-0.2, 0) is 0 Å². The van der Waals surface area contributed by atoms with E-state index in [4.69, 9.17) is 19.4 Å². The molecule has 0 N–H and O–H groups in total. The number of anilines is 1. The molecule has 5 aromatic rings. The van der Waals surface area contributed by atoms with Crippen LogP contribution < -0.4 is 14.4 Å². The van der Waals surface area contributed by atoms with Gasteiger partial charge in [0.2, 0.25) is 0 Å². The highest BCUT2D eigenvalue weighted by molar-refractivity contribution is 6.02. The van der Waals surface area contributed by atoms with E-state index in [0.29, 0.717) is 45.0 Å². The minimum Gasteiger partial charge on any atom is -0.494 e. The van der Waals surface area contributed by atoms with Crippen molar-refractivity contribution in [3.05, 3.63) is 97.0 Å². The monoisotopic (exact) mass is 575 g/mol. The molecule has 1 aliphatic rings. The Morgan fingerprint density at radius 2 is 1.51 bits per heavy atom. The first kappa shape index (κ1) is 28.3. The first-order valence-corrected chi connectivity index (χ1v) is 15.1. The van der Waals surface area contributed by atoms with Crippen LogP contribution in [0.2, 0.25) is 0 Å². The van der Waals surface area contributed by atoms with Gasteiger partial charge in [-0.2, -0.15) is 0 Å². The molecule has 0 saturated carbocycles. The van der Waals surface area contributed by atoms with Crippen molar-refractivity contribution in [3.8, 4) is 28.3 Å². The third-order valence-corrected chi connectivity index (χ3v) is 7.81. The van der Waals surface area contributed by atoms with Gasteiger partial charge in [0.15, 0.2) is 5.65 Å². The third-order valence-electron chi connectivity index (χ3n) is 7.81. The van der Waals surface area contributed by atoms with Gasteiger partial charge in [-0.25, -0.2) is 9.97 Å². The number of ether oxygens (including phenoxy) is 2. The fourth-order valence-corrected chi connectivity index (χ4v) is 5.52. The number of fused-ring (bicyclic) bond motifs is 1. The Kier molecular flexibility index (Phi) is 8.54. The van der Waals surface area contributed by atoms with E-state index in [1.54, 1.807) is 6.33 Å². The van der Waals surface area contributed by atoms with Crippen LogP contribution in [0.25, 0.3) is 27.8 Å². The smallest absolute Gasteiger partial charge is 0.253 e. The van der Waals surface area contributed by atoms with Crippen LogP contribution in [0, 0.1) is 0 Å². The molecule has 3 aromatic carbocycles. The molecule has 2 aromatic heterocycles. The zero-order valence-corrected chi connectivity index (χ0v) is 24.8. The molecular weight excluding hydrogens is 538 g/mol. The molecular formula is C35H37N5O3. The van der Waals surface area contributed by atoms with Crippen LogP contribution >= 0.6 is 0 Å². The van der Waals surface area contributed by atoms with E-state index in [1.807, 2.05) is 66.4 Å². The lowest BCUT2D eigenvalue weighted by Crippen LogP contribution is -2.49. The Labute approximate surface area is 252 Å². The third kappa shape index (κ3) is 6.04. The maximum Gasteiger partial charge on any atom is 0.253 e. The Morgan fingerprint density at radius 1 is 0.814 bits per heavy atom. The summed E-state index contributed by atoms with van der Waals surface area (Å²) in [4.78, 5) is 27.1. The Morgan fingerprint density at radius 3 is 2.21 bits per heavy atom. The molecule has 0 radical (unpaired) electrons. The second-order valence-electron chi connectivity index (χ2n) is 10.6. The Balaban J connectivity index is 1.26. The van der Waals surface area contributed by atoms with E-state index < -0.39 is 0 Å². The minimum atomic E-state index is 0.0409. The number of carbonyl (C=O) groups excluding carboxylic acids is 1. The number of piperazine rings is 1. The van der Waals surface area contributed by atoms with E-state index in [2.05, 4.69) is 46.9 Å². The molecule has 8 nitrogen and oxygen atoms in total. The van der Waals surface area contributed by atoms with Gasteiger partial charge in [0.1, 0.15) is 23.6 Å². The molecule has 1 amide bonds. The van der Waals surface area contributed by atoms with Gasteiger partial charge in [0.05, 0.1) is 18.6 Å². The fraction of sp³-hybridized carbons (Fsp3) is 0.286. The number of hydrogen-bond donors (Lipinski definition) is 0. The molecule has 8 heteroatoms. The molecule has 43 heavy (non-hydrogen) atoms. The zero-order valence-electron chi connectivity index (χ0n) is 24.8. The standard InChI is InChI=1S/C35H37N5O3/c1-3-5-23-43-30-15-11-27(12-16-30)35(41)39-21-19-38(20-22-39)33-32-31(26-9-7-6-8-10-26)24-40(34(32)37-25-36-33)28-13-17-29(18-14-28)42-4-2/h6-18,24-25H,3-5,19-23H2,1-2H3. The molecule has 1 saturated heterocycles. The predicted molar refractivity (Wildman–Crippen MR) is 170 cm³/mol. The quantitative estimate of drug-likeness (QED) is 0.174. The Hall–Kier alpha value is -4.85. The number of amides is 1. The van der Waals surface area contributed by atoms with Crippen molar-refractivity contribution >= 4 is 22.8 Å². The first-order chi connectivity index (χ1) is 21.2. The largest absolute Gasteiger partial charge is 0.494 e. The summed E-state index contributed by atoms with van der Waals surface area (Å²) in [7, 11) is 0. The van der Waals surface area contributed by atoms with Gasteiger partial charge in [0.25, 0.3) is 5.91 Å². The molecule has 1 fully saturated rings. The number of unbranched alkanes of at least 4 members (excludes halogenated alkanes) is 1. The van der Waals surface area contributed by atoms with Gasteiger partial charge in [-0.3, -0.25) is 4.79 Å². The lowest BCUT2D eigenvalue weighted by molar-refractivity contribution is 0.0746. The summed E-state index contributed by atoms with van der Waals surface area (Å²) in [5.41, 5.74) is 4.69. The van der Waals surface area contributed by atoms with Crippen LogP contribution in [0.1, 0.15) is 37.0 Å². The number of hydrogen-bond acceptors (Lipinski definition) is 6. The van der Waals surface area contributed by atoms with E-state index >= 15 is 0 Å². The van der Waals surface area contributed by atoms with Crippen molar-refractivity contribution < 1.29 is 14.3 Å². The lowest BCUT2D eigenvalue weighted by Gasteiger charge is -2.35. The summed E-state index contributed by atoms with van der Waals surface area (Å²) in [6.45, 7) is 8.02. The summed E-state index contributed by atoms with van der Waals surface area (Å²) in [6.07, 6.45) is 5.89. The zero-order chi connectivity index (χ0) is 29.6. The van der Waals surface area contributed by atoms with Crippen LogP contribution in [0.15, 0.2) is 91.4 Å². The fourth-order valence-electron chi connectivity index (χ4n) is 5.52. The van der Waals surface area contributed by atoms with Crippen molar-refractivity contribution in [1.82, 2.24) is 19.4 Å². The van der Waals surface area contributed by atoms with E-state index in [9.17, 15) is 4.79 Å². The van der Waals surface area contributed by atoms with E-state index in [-0.39, 0.29) is 5.91 Å². The first-order valence-electron chi connectivity index (χ1n) is 15.1. The number of carbonyl (C=O) groups is 1. The average Bonchev–Trinajstić information content (AvgIpc) is 3.46. The van der Waals surface area contributed by atoms with E-state index in [1.165, 1.54) is 0 Å². The average molecular weight is 576 g/mol. The van der Waals surface area contributed by atoms with Crippen LogP contribution in [0.4, 0.5) is 5.82 Å². The summed E-state index contributed by atoms with van der Waals surface area (Å²) >= 11 is 0. The summed E-state index contributed by atoms with van der Waals surface area (Å²) < 4.78 is 13.5. The summed E-state index contributed by atoms with van der Waals surface area (Å²) in [6, 6.07) is 25.9. The van der Waals surface area contributed by atoms with Crippen molar-refractivity contribution in [1.29, 1.82) is 0 Å². The number of aromatic nitrogens is 3. The normalized spacial score (nSPS) is 13.3. The van der Waals surface area contributed by atoms with Gasteiger partial charge in [-0.1, -0.05) is 43.7 Å². The van der Waals surface area contributed by atoms with Crippen molar-refractivity contribution in [2.45, 2.75) is 26.7 Å². The lowest BCUT2D eigenvalue weighted by atomic mass is 10.1. The van der Waals surface area contributed by atoms with Crippen molar-refractivity contribution in [2.24, 2.45) is 0 Å². The molecule has 1 aliphatic heterocycles. The highest BCUT2D eigenvalue weighted by atomic mass is 16.5. The van der Waals surface area contributed by atoms with Crippen LogP contribution in [0.5, 0.6) is 11.5 Å².